The van der Waals surface area contributed by atoms with E-state index in [0.717, 1.165) is 5.56 Å². The number of amides is 3. The van der Waals surface area contributed by atoms with Crippen LogP contribution in [0.15, 0.2) is 30.3 Å². The van der Waals surface area contributed by atoms with E-state index >= 15 is 0 Å². The van der Waals surface area contributed by atoms with Crippen LogP contribution in [0.2, 0.25) is 0 Å². The molecule has 0 aliphatic heterocycles. The minimum atomic E-state index is -1.19. The molecule has 4 atom stereocenters. The molecule has 0 heterocycles. The first-order valence-electron chi connectivity index (χ1n) is 10.8. The molecule has 1 aromatic carbocycles. The van der Waals surface area contributed by atoms with Gasteiger partial charge in [-0.3, -0.25) is 19.2 Å². The minimum absolute atomic E-state index is 0.0798. The maximum Gasteiger partial charge on any atom is 0.326 e. The van der Waals surface area contributed by atoms with Crippen molar-refractivity contribution in [3.63, 3.8) is 0 Å². The highest BCUT2D eigenvalue weighted by molar-refractivity contribution is 7.98. The van der Waals surface area contributed by atoms with Gasteiger partial charge in [0.15, 0.2) is 0 Å². The molecule has 1 aromatic rings. The second-order valence-electron chi connectivity index (χ2n) is 7.71. The number of thiol groups is 1. The molecule has 3 amide bonds. The Morgan fingerprint density at radius 2 is 1.49 bits per heavy atom. The maximum absolute atomic E-state index is 13.0. The molecule has 194 valence electrons. The van der Waals surface area contributed by atoms with Gasteiger partial charge >= 0.3 is 11.9 Å². The van der Waals surface area contributed by atoms with Crippen LogP contribution in [-0.4, -0.2) is 81.8 Å². The smallest absolute Gasteiger partial charge is 0.326 e. The molecule has 0 spiro atoms. The van der Waals surface area contributed by atoms with Gasteiger partial charge in [0, 0.05) is 18.6 Å². The molecule has 1 rings (SSSR count). The van der Waals surface area contributed by atoms with Crippen LogP contribution in [0.5, 0.6) is 0 Å². The molecular weight excluding hydrogens is 496 g/mol. The van der Waals surface area contributed by atoms with Crippen molar-refractivity contribution in [3.05, 3.63) is 35.9 Å². The van der Waals surface area contributed by atoms with Gasteiger partial charge in [0.2, 0.25) is 17.7 Å². The fraction of sp³-hybridized carbons (Fsp3) is 0.500. The average molecular weight is 529 g/mol. The van der Waals surface area contributed by atoms with E-state index in [0.29, 0.717) is 5.75 Å². The monoisotopic (exact) mass is 528 g/mol. The number of carboxylic acids is 2. The zero-order valence-electron chi connectivity index (χ0n) is 19.3. The van der Waals surface area contributed by atoms with Crippen molar-refractivity contribution in [1.29, 1.82) is 0 Å². The summed E-state index contributed by atoms with van der Waals surface area (Å²) in [6, 6.07) is 4.27. The molecule has 0 radical (unpaired) electrons. The Labute approximate surface area is 213 Å². The Hall–Kier alpha value is -2.77. The van der Waals surface area contributed by atoms with Crippen LogP contribution >= 0.6 is 24.4 Å². The zero-order chi connectivity index (χ0) is 26.4. The number of nitrogens with one attached hydrogen (secondary N) is 3. The number of aliphatic carboxylic acids is 2. The summed E-state index contributed by atoms with van der Waals surface area (Å²) in [6.45, 7) is 0. The van der Waals surface area contributed by atoms with E-state index in [1.54, 1.807) is 30.3 Å². The molecule has 7 N–H and O–H groups in total. The highest BCUT2D eigenvalue weighted by Crippen LogP contribution is 2.06. The fourth-order valence-corrected chi connectivity index (χ4v) is 3.71. The zero-order valence-corrected chi connectivity index (χ0v) is 21.0. The molecule has 11 nitrogen and oxygen atoms in total. The molecule has 35 heavy (non-hydrogen) atoms. The van der Waals surface area contributed by atoms with Gasteiger partial charge in [-0.2, -0.15) is 24.4 Å². The average Bonchev–Trinajstić information content (AvgIpc) is 2.83. The van der Waals surface area contributed by atoms with E-state index < -0.39 is 53.8 Å². The first kappa shape index (κ1) is 30.3. The number of rotatable bonds is 16. The van der Waals surface area contributed by atoms with Crippen LogP contribution in [0.25, 0.3) is 0 Å². The predicted octanol–water partition coefficient (Wildman–Crippen LogP) is -0.357. The van der Waals surface area contributed by atoms with E-state index in [2.05, 4.69) is 28.6 Å². The van der Waals surface area contributed by atoms with Gasteiger partial charge in [-0.05, 0) is 30.4 Å². The van der Waals surface area contributed by atoms with Gasteiger partial charge in [0.1, 0.15) is 18.1 Å². The topological polar surface area (TPSA) is 188 Å². The van der Waals surface area contributed by atoms with Gasteiger partial charge in [-0.1, -0.05) is 30.3 Å². The summed E-state index contributed by atoms with van der Waals surface area (Å²) < 4.78 is 0. The van der Waals surface area contributed by atoms with Crippen LogP contribution in [0, 0.1) is 0 Å². The molecule has 0 saturated heterocycles. The molecule has 4 unspecified atom stereocenters. The number of hydrogen-bond acceptors (Lipinski definition) is 8. The number of benzene rings is 1. The molecule has 0 fully saturated rings. The molecule has 0 aliphatic carbocycles. The SMILES string of the molecule is CSCCC(NC(=O)C(CS)NC(=O)C(Cc1ccccc1)NC(=O)C(N)CCC(=O)O)C(=O)O. The second kappa shape index (κ2) is 16.0. The Morgan fingerprint density at radius 1 is 0.914 bits per heavy atom. The van der Waals surface area contributed by atoms with Gasteiger partial charge in [0.25, 0.3) is 0 Å². The second-order valence-corrected chi connectivity index (χ2v) is 9.07. The van der Waals surface area contributed by atoms with Crippen LogP contribution in [0.3, 0.4) is 0 Å². The van der Waals surface area contributed by atoms with E-state index in [4.69, 9.17) is 10.8 Å². The number of carbonyl (C=O) groups is 5. The van der Waals surface area contributed by atoms with Gasteiger partial charge in [-0.25, -0.2) is 4.79 Å². The molecule has 0 aromatic heterocycles. The number of carboxylic acid groups (broad SMARTS) is 2. The van der Waals surface area contributed by atoms with Crippen molar-refractivity contribution < 1.29 is 34.2 Å². The Morgan fingerprint density at radius 3 is 2.03 bits per heavy atom. The van der Waals surface area contributed by atoms with Gasteiger partial charge in [0.05, 0.1) is 6.04 Å². The van der Waals surface area contributed by atoms with E-state index in [9.17, 15) is 29.1 Å². The standard InChI is InChI=1S/C22H32N4O7S2/c1-35-10-9-15(22(32)33)24-21(31)17(12-34)26-20(30)16(11-13-5-3-2-4-6-13)25-19(29)14(23)7-8-18(27)28/h2-6,14-17,34H,7-12,23H2,1H3,(H,24,31)(H,25,29)(H,26,30)(H,27,28)(H,32,33). The highest BCUT2D eigenvalue weighted by atomic mass is 32.2. The molecule has 0 bridgehead atoms. The fourth-order valence-electron chi connectivity index (χ4n) is 2.98. The van der Waals surface area contributed by atoms with E-state index in [-0.39, 0.29) is 31.4 Å². The van der Waals surface area contributed by atoms with E-state index in [1.807, 2.05) is 6.26 Å². The van der Waals surface area contributed by atoms with Crippen LogP contribution in [0.4, 0.5) is 0 Å². The normalized spacial score (nSPS) is 14.1. The summed E-state index contributed by atoms with van der Waals surface area (Å²) in [6.07, 6.45) is 1.67. The molecule has 0 saturated carbocycles. The van der Waals surface area contributed by atoms with Crippen LogP contribution in [0.1, 0.15) is 24.8 Å². The number of nitrogens with two attached hydrogens (primary N) is 1. The molecule has 0 aliphatic rings. The Bertz CT molecular complexity index is 873. The summed E-state index contributed by atoms with van der Waals surface area (Å²) in [5.41, 5.74) is 6.49. The quantitative estimate of drug-likeness (QED) is 0.141. The van der Waals surface area contributed by atoms with Crippen molar-refractivity contribution >= 4 is 54.1 Å². The minimum Gasteiger partial charge on any atom is -0.481 e. The third-order valence-corrected chi connectivity index (χ3v) is 5.97. The first-order valence-corrected chi connectivity index (χ1v) is 12.9. The van der Waals surface area contributed by atoms with Crippen LogP contribution in [-0.2, 0) is 30.4 Å². The lowest BCUT2D eigenvalue weighted by Gasteiger charge is -2.24. The predicted molar refractivity (Wildman–Crippen MR) is 135 cm³/mol. The van der Waals surface area contributed by atoms with Crippen molar-refractivity contribution in [2.75, 3.05) is 17.8 Å². The third kappa shape index (κ3) is 11.5. The first-order chi connectivity index (χ1) is 16.6. The van der Waals surface area contributed by atoms with E-state index in [1.165, 1.54) is 11.8 Å². The summed E-state index contributed by atoms with van der Waals surface area (Å²) in [5.74, 6) is -4.02. The lowest BCUT2D eigenvalue weighted by molar-refractivity contribution is -0.142. The summed E-state index contributed by atoms with van der Waals surface area (Å²) >= 11 is 5.54. The van der Waals surface area contributed by atoms with Gasteiger partial charge in [-0.15, -0.1) is 0 Å². The molecular formula is C22H32N4O7S2. The largest absolute Gasteiger partial charge is 0.481 e. The van der Waals surface area contributed by atoms with Crippen molar-refractivity contribution in [3.8, 4) is 0 Å². The lowest BCUT2D eigenvalue weighted by Crippen LogP contribution is -2.58. The summed E-state index contributed by atoms with van der Waals surface area (Å²) in [4.78, 5) is 60.4. The summed E-state index contributed by atoms with van der Waals surface area (Å²) in [7, 11) is 0. The van der Waals surface area contributed by atoms with Crippen molar-refractivity contribution in [2.45, 2.75) is 49.9 Å². The third-order valence-electron chi connectivity index (χ3n) is 4.96. The number of thioether (sulfide) groups is 1. The number of hydrogen-bond donors (Lipinski definition) is 7. The van der Waals surface area contributed by atoms with Gasteiger partial charge < -0.3 is 31.9 Å². The van der Waals surface area contributed by atoms with Crippen LogP contribution < -0.4 is 21.7 Å². The van der Waals surface area contributed by atoms with Crippen molar-refractivity contribution in [1.82, 2.24) is 16.0 Å². The number of carbonyl (C=O) groups excluding carboxylic acids is 3. The molecule has 13 heteroatoms. The Kier molecular flexibility index (Phi) is 13.8. The lowest BCUT2D eigenvalue weighted by atomic mass is 10.0. The van der Waals surface area contributed by atoms with Crippen molar-refractivity contribution in [2.24, 2.45) is 5.73 Å². The summed E-state index contributed by atoms with van der Waals surface area (Å²) in [5, 5.41) is 25.6. The Balaban J connectivity index is 2.95. The highest BCUT2D eigenvalue weighted by Gasteiger charge is 2.30. The maximum atomic E-state index is 13.0.